The van der Waals surface area contributed by atoms with Crippen molar-refractivity contribution in [2.45, 2.75) is 33.4 Å². The number of anilines is 1. The van der Waals surface area contributed by atoms with Crippen molar-refractivity contribution >= 4 is 5.95 Å². The molecule has 86 valence electrons. The van der Waals surface area contributed by atoms with Crippen LogP contribution in [-0.2, 0) is 6.54 Å². The van der Waals surface area contributed by atoms with E-state index >= 15 is 0 Å². The summed E-state index contributed by atoms with van der Waals surface area (Å²) < 4.78 is 7.49. The first-order chi connectivity index (χ1) is 7.70. The van der Waals surface area contributed by atoms with Crippen LogP contribution >= 0.6 is 0 Å². The molecule has 0 aliphatic carbocycles. The molecule has 0 aliphatic heterocycles. The smallest absolute Gasteiger partial charge is 0.216 e. The van der Waals surface area contributed by atoms with Crippen molar-refractivity contribution in [1.82, 2.24) is 14.5 Å². The molecule has 0 spiro atoms. The zero-order valence-corrected chi connectivity index (χ0v) is 9.77. The molecule has 0 fully saturated rings. The highest BCUT2D eigenvalue weighted by atomic mass is 16.4. The molecule has 5 nitrogen and oxygen atoms in total. The van der Waals surface area contributed by atoms with Gasteiger partial charge in [-0.3, -0.25) is 0 Å². The fraction of sp³-hybridized carbons (Fsp3) is 0.455. The predicted molar refractivity (Wildman–Crippen MR) is 61.2 cm³/mol. The Hall–Kier alpha value is -1.78. The molecule has 0 aliphatic rings. The Balaban J connectivity index is 2.10. The summed E-state index contributed by atoms with van der Waals surface area (Å²) in [6, 6.07) is 0.0152. The van der Waals surface area contributed by atoms with Crippen LogP contribution in [0.4, 0.5) is 5.95 Å². The Labute approximate surface area is 94.5 Å². The lowest BCUT2D eigenvalue weighted by atomic mass is 10.3. The van der Waals surface area contributed by atoms with Crippen LogP contribution in [-0.4, -0.2) is 14.5 Å². The summed E-state index contributed by atoms with van der Waals surface area (Å²) in [5, 5.41) is 3.27. The van der Waals surface area contributed by atoms with Crippen molar-refractivity contribution in [1.29, 1.82) is 0 Å². The number of aryl methyl sites for hydroxylation is 2. The lowest BCUT2D eigenvalue weighted by molar-refractivity contribution is 0.452. The molecule has 2 rings (SSSR count). The van der Waals surface area contributed by atoms with Crippen molar-refractivity contribution in [3.63, 3.8) is 0 Å². The number of oxazole rings is 1. The van der Waals surface area contributed by atoms with Crippen LogP contribution in [0.5, 0.6) is 0 Å². The Kier molecular flexibility index (Phi) is 2.94. The first kappa shape index (κ1) is 10.7. The van der Waals surface area contributed by atoms with Crippen LogP contribution in [0.2, 0.25) is 0 Å². The van der Waals surface area contributed by atoms with Gasteiger partial charge < -0.3 is 14.3 Å². The molecule has 0 radical (unpaired) electrons. The van der Waals surface area contributed by atoms with E-state index in [0.29, 0.717) is 5.89 Å². The second-order valence-electron chi connectivity index (χ2n) is 3.71. The van der Waals surface area contributed by atoms with Gasteiger partial charge in [0, 0.05) is 18.9 Å². The quantitative estimate of drug-likeness (QED) is 0.859. The van der Waals surface area contributed by atoms with E-state index in [0.717, 1.165) is 18.3 Å². The van der Waals surface area contributed by atoms with Gasteiger partial charge in [0.2, 0.25) is 11.8 Å². The molecule has 0 bridgehead atoms. The summed E-state index contributed by atoms with van der Waals surface area (Å²) in [5.41, 5.74) is 0. The van der Waals surface area contributed by atoms with Crippen molar-refractivity contribution in [3.05, 3.63) is 30.2 Å². The number of nitrogens with zero attached hydrogens (tertiary/aromatic N) is 3. The van der Waals surface area contributed by atoms with E-state index in [9.17, 15) is 0 Å². The van der Waals surface area contributed by atoms with Gasteiger partial charge in [-0.2, -0.15) is 0 Å². The van der Waals surface area contributed by atoms with E-state index in [4.69, 9.17) is 4.42 Å². The molecule has 2 aromatic rings. The second-order valence-corrected chi connectivity index (χ2v) is 3.71. The molecule has 2 heterocycles. The highest BCUT2D eigenvalue weighted by Crippen LogP contribution is 2.17. The van der Waals surface area contributed by atoms with Crippen LogP contribution in [0.3, 0.4) is 0 Å². The highest BCUT2D eigenvalue weighted by Gasteiger charge is 2.13. The van der Waals surface area contributed by atoms with Crippen molar-refractivity contribution in [3.8, 4) is 0 Å². The first-order valence-corrected chi connectivity index (χ1v) is 5.40. The number of hydrogen-bond acceptors (Lipinski definition) is 4. The zero-order valence-electron chi connectivity index (χ0n) is 9.77. The van der Waals surface area contributed by atoms with Gasteiger partial charge in [-0.25, -0.2) is 9.97 Å². The Morgan fingerprint density at radius 3 is 2.94 bits per heavy atom. The van der Waals surface area contributed by atoms with Gasteiger partial charge >= 0.3 is 0 Å². The molecule has 1 unspecified atom stereocenters. The van der Waals surface area contributed by atoms with Crippen LogP contribution in [0.15, 0.2) is 23.0 Å². The molecular weight excluding hydrogens is 204 g/mol. The molecule has 16 heavy (non-hydrogen) atoms. The molecule has 0 saturated heterocycles. The summed E-state index contributed by atoms with van der Waals surface area (Å²) in [6.07, 6.45) is 5.44. The number of nitrogens with one attached hydrogen (secondary N) is 1. The summed E-state index contributed by atoms with van der Waals surface area (Å²) in [5.74, 6) is 2.34. The fourth-order valence-electron chi connectivity index (χ4n) is 1.53. The molecule has 0 aromatic carbocycles. The molecule has 1 atom stereocenters. The minimum atomic E-state index is 0.0152. The lowest BCUT2D eigenvalue weighted by Gasteiger charge is -2.12. The minimum absolute atomic E-state index is 0.0152. The molecular formula is C11H16N4O. The maximum absolute atomic E-state index is 5.46. The summed E-state index contributed by atoms with van der Waals surface area (Å²) in [7, 11) is 0. The lowest BCUT2D eigenvalue weighted by Crippen LogP contribution is -2.11. The topological polar surface area (TPSA) is 55.9 Å². The van der Waals surface area contributed by atoms with Gasteiger partial charge in [0.15, 0.2) is 0 Å². The Bertz CT molecular complexity index is 460. The number of hydrogen-bond donors (Lipinski definition) is 1. The summed E-state index contributed by atoms with van der Waals surface area (Å²) in [6.45, 7) is 6.85. The molecule has 0 amide bonds. The summed E-state index contributed by atoms with van der Waals surface area (Å²) in [4.78, 5) is 8.43. The highest BCUT2D eigenvalue weighted by molar-refractivity contribution is 5.28. The molecule has 5 heteroatoms. The molecule has 1 N–H and O–H groups in total. The average Bonchev–Trinajstić information content (AvgIpc) is 2.86. The third-order valence-corrected chi connectivity index (χ3v) is 2.41. The van der Waals surface area contributed by atoms with Crippen LogP contribution in [0.1, 0.15) is 31.5 Å². The van der Waals surface area contributed by atoms with E-state index in [2.05, 4.69) is 22.2 Å². The predicted octanol–water partition coefficient (Wildman–Crippen LogP) is 2.37. The van der Waals surface area contributed by atoms with Gasteiger partial charge in [0.1, 0.15) is 11.8 Å². The molecule has 2 aromatic heterocycles. The van der Waals surface area contributed by atoms with Crippen LogP contribution in [0, 0.1) is 6.92 Å². The largest absolute Gasteiger partial charge is 0.444 e. The standard InChI is InChI=1S/C11H16N4O/c1-4-15-6-5-12-11(15)14-9(3)10-13-7-8(2)16-10/h5-7,9H,4H2,1-3H3,(H,12,14). The Morgan fingerprint density at radius 2 is 2.31 bits per heavy atom. The normalized spacial score (nSPS) is 12.7. The first-order valence-electron chi connectivity index (χ1n) is 5.40. The van der Waals surface area contributed by atoms with Crippen molar-refractivity contribution in [2.24, 2.45) is 0 Å². The third-order valence-electron chi connectivity index (χ3n) is 2.41. The minimum Gasteiger partial charge on any atom is -0.444 e. The average molecular weight is 220 g/mol. The van der Waals surface area contributed by atoms with Crippen LogP contribution < -0.4 is 5.32 Å². The monoisotopic (exact) mass is 220 g/mol. The van der Waals surface area contributed by atoms with Gasteiger partial charge in [0.25, 0.3) is 0 Å². The maximum Gasteiger partial charge on any atom is 0.216 e. The maximum atomic E-state index is 5.46. The summed E-state index contributed by atoms with van der Waals surface area (Å²) >= 11 is 0. The van der Waals surface area contributed by atoms with E-state index in [1.165, 1.54) is 0 Å². The second kappa shape index (κ2) is 4.38. The Morgan fingerprint density at radius 1 is 1.50 bits per heavy atom. The molecule has 0 saturated carbocycles. The van der Waals surface area contributed by atoms with Crippen molar-refractivity contribution < 1.29 is 4.42 Å². The van der Waals surface area contributed by atoms with Gasteiger partial charge in [-0.05, 0) is 20.8 Å². The fourth-order valence-corrected chi connectivity index (χ4v) is 1.53. The zero-order chi connectivity index (χ0) is 11.5. The van der Waals surface area contributed by atoms with E-state index in [1.807, 2.05) is 24.6 Å². The number of aromatic nitrogens is 3. The number of rotatable bonds is 4. The van der Waals surface area contributed by atoms with Gasteiger partial charge in [0.05, 0.1) is 6.20 Å². The van der Waals surface area contributed by atoms with Gasteiger partial charge in [-0.15, -0.1) is 0 Å². The number of imidazole rings is 1. The van der Waals surface area contributed by atoms with E-state index in [1.54, 1.807) is 12.4 Å². The SMILES string of the molecule is CCn1ccnc1NC(C)c1ncc(C)o1. The van der Waals surface area contributed by atoms with E-state index < -0.39 is 0 Å². The van der Waals surface area contributed by atoms with Crippen LogP contribution in [0.25, 0.3) is 0 Å². The third kappa shape index (κ3) is 2.08. The van der Waals surface area contributed by atoms with Gasteiger partial charge in [-0.1, -0.05) is 0 Å². The van der Waals surface area contributed by atoms with E-state index in [-0.39, 0.29) is 6.04 Å². The van der Waals surface area contributed by atoms with Crippen molar-refractivity contribution in [2.75, 3.05) is 5.32 Å².